The molecule has 0 bridgehead atoms. The summed E-state index contributed by atoms with van der Waals surface area (Å²) in [6, 6.07) is 11.8. The highest BCUT2D eigenvalue weighted by molar-refractivity contribution is 5.93. The van der Waals surface area contributed by atoms with Gasteiger partial charge in [0.05, 0.1) is 0 Å². The number of rotatable bonds is 2. The minimum atomic E-state index is -0.243. The molecule has 3 heterocycles. The molecule has 1 aliphatic rings. The third-order valence-corrected chi connectivity index (χ3v) is 4.23. The molecule has 0 spiro atoms. The summed E-state index contributed by atoms with van der Waals surface area (Å²) in [6.07, 6.45) is 4.20. The van der Waals surface area contributed by atoms with Gasteiger partial charge >= 0.3 is 0 Å². The SMILES string of the molecule is O=C(c1cccc2ncnn12)N1CC=C(c2ccc(F)cc2)CC1. The summed E-state index contributed by atoms with van der Waals surface area (Å²) in [5.74, 6) is -0.312. The highest BCUT2D eigenvalue weighted by Gasteiger charge is 2.21. The molecule has 24 heavy (non-hydrogen) atoms. The quantitative estimate of drug-likeness (QED) is 0.729. The molecular formula is C18H15FN4O. The summed E-state index contributed by atoms with van der Waals surface area (Å²) >= 11 is 0. The fourth-order valence-electron chi connectivity index (χ4n) is 2.95. The summed E-state index contributed by atoms with van der Waals surface area (Å²) in [4.78, 5) is 18.6. The van der Waals surface area contributed by atoms with Crippen LogP contribution in [-0.4, -0.2) is 38.5 Å². The molecule has 0 radical (unpaired) electrons. The maximum atomic E-state index is 13.0. The van der Waals surface area contributed by atoms with Crippen LogP contribution < -0.4 is 0 Å². The van der Waals surface area contributed by atoms with Crippen LogP contribution in [0.2, 0.25) is 0 Å². The second kappa shape index (κ2) is 5.88. The van der Waals surface area contributed by atoms with Crippen molar-refractivity contribution >= 4 is 17.1 Å². The summed E-state index contributed by atoms with van der Waals surface area (Å²) in [5.41, 5.74) is 3.30. The summed E-state index contributed by atoms with van der Waals surface area (Å²) in [5, 5.41) is 4.11. The van der Waals surface area contributed by atoms with E-state index in [1.165, 1.54) is 18.5 Å². The van der Waals surface area contributed by atoms with E-state index in [0.717, 1.165) is 17.6 Å². The molecule has 0 saturated heterocycles. The molecule has 5 nitrogen and oxygen atoms in total. The molecule has 0 fully saturated rings. The van der Waals surface area contributed by atoms with Crippen molar-refractivity contribution in [2.24, 2.45) is 0 Å². The molecule has 1 aromatic carbocycles. The zero-order valence-electron chi connectivity index (χ0n) is 12.9. The molecule has 120 valence electrons. The lowest BCUT2D eigenvalue weighted by atomic mass is 9.99. The van der Waals surface area contributed by atoms with Gasteiger partial charge in [0.25, 0.3) is 5.91 Å². The van der Waals surface area contributed by atoms with Gasteiger partial charge in [0.2, 0.25) is 0 Å². The van der Waals surface area contributed by atoms with Gasteiger partial charge in [-0.1, -0.05) is 24.3 Å². The number of pyridine rings is 1. The summed E-state index contributed by atoms with van der Waals surface area (Å²) in [6.45, 7) is 1.14. The number of hydrogen-bond donors (Lipinski definition) is 0. The molecule has 4 rings (SSSR count). The number of amides is 1. The van der Waals surface area contributed by atoms with Crippen molar-refractivity contribution in [2.75, 3.05) is 13.1 Å². The number of fused-ring (bicyclic) bond motifs is 1. The third-order valence-electron chi connectivity index (χ3n) is 4.23. The van der Waals surface area contributed by atoms with Crippen molar-refractivity contribution in [1.82, 2.24) is 19.5 Å². The molecule has 0 aliphatic carbocycles. The van der Waals surface area contributed by atoms with Gasteiger partial charge in [0.1, 0.15) is 17.8 Å². The number of carbonyl (C=O) groups excluding carboxylic acids is 1. The van der Waals surface area contributed by atoms with E-state index in [-0.39, 0.29) is 11.7 Å². The van der Waals surface area contributed by atoms with Crippen LogP contribution in [0.3, 0.4) is 0 Å². The average molecular weight is 322 g/mol. The Kier molecular flexibility index (Phi) is 3.57. The first-order valence-electron chi connectivity index (χ1n) is 7.75. The number of benzene rings is 1. The van der Waals surface area contributed by atoms with Crippen molar-refractivity contribution in [3.63, 3.8) is 0 Å². The minimum Gasteiger partial charge on any atom is -0.333 e. The lowest BCUT2D eigenvalue weighted by molar-refractivity contribution is 0.0764. The van der Waals surface area contributed by atoms with Crippen LogP contribution in [0.1, 0.15) is 22.5 Å². The van der Waals surface area contributed by atoms with E-state index < -0.39 is 0 Å². The highest BCUT2D eigenvalue weighted by Crippen LogP contribution is 2.23. The van der Waals surface area contributed by atoms with Crippen LogP contribution in [0.25, 0.3) is 11.2 Å². The average Bonchev–Trinajstić information content (AvgIpc) is 3.11. The molecule has 6 heteroatoms. The second-order valence-electron chi connectivity index (χ2n) is 5.68. The first-order chi connectivity index (χ1) is 11.7. The summed E-state index contributed by atoms with van der Waals surface area (Å²) < 4.78 is 14.6. The van der Waals surface area contributed by atoms with Crippen molar-refractivity contribution in [1.29, 1.82) is 0 Å². The maximum Gasteiger partial charge on any atom is 0.272 e. The van der Waals surface area contributed by atoms with Gasteiger partial charge in [0, 0.05) is 13.1 Å². The molecule has 1 aliphatic heterocycles. The molecule has 1 amide bonds. The van der Waals surface area contributed by atoms with E-state index in [1.54, 1.807) is 33.7 Å². The topological polar surface area (TPSA) is 50.5 Å². The van der Waals surface area contributed by atoms with E-state index in [4.69, 9.17) is 0 Å². The van der Waals surface area contributed by atoms with Crippen LogP contribution >= 0.6 is 0 Å². The minimum absolute atomic E-state index is 0.0690. The van der Waals surface area contributed by atoms with Crippen LogP contribution in [0.15, 0.2) is 54.9 Å². The molecule has 3 aromatic rings. The maximum absolute atomic E-state index is 13.0. The highest BCUT2D eigenvalue weighted by atomic mass is 19.1. The number of hydrogen-bond acceptors (Lipinski definition) is 3. The van der Waals surface area contributed by atoms with E-state index in [9.17, 15) is 9.18 Å². The Hall–Kier alpha value is -3.02. The monoisotopic (exact) mass is 322 g/mol. The van der Waals surface area contributed by atoms with E-state index >= 15 is 0 Å². The van der Waals surface area contributed by atoms with Crippen molar-refractivity contribution in [3.05, 3.63) is 71.9 Å². The van der Waals surface area contributed by atoms with E-state index in [2.05, 4.69) is 10.1 Å². The van der Waals surface area contributed by atoms with Crippen molar-refractivity contribution in [2.45, 2.75) is 6.42 Å². The molecule has 0 unspecified atom stereocenters. The normalized spacial score (nSPS) is 14.7. The Bertz CT molecular complexity index is 930. The predicted molar refractivity (Wildman–Crippen MR) is 87.9 cm³/mol. The fourth-order valence-corrected chi connectivity index (χ4v) is 2.95. The zero-order chi connectivity index (χ0) is 16.5. The van der Waals surface area contributed by atoms with Gasteiger partial charge < -0.3 is 4.90 Å². The van der Waals surface area contributed by atoms with Gasteiger partial charge in [-0.25, -0.2) is 13.9 Å². The van der Waals surface area contributed by atoms with Gasteiger partial charge in [-0.3, -0.25) is 4.79 Å². The number of carbonyl (C=O) groups is 1. The van der Waals surface area contributed by atoms with Gasteiger partial charge in [-0.15, -0.1) is 0 Å². The van der Waals surface area contributed by atoms with Crippen molar-refractivity contribution in [3.8, 4) is 0 Å². The first kappa shape index (κ1) is 14.6. The van der Waals surface area contributed by atoms with Crippen LogP contribution in [-0.2, 0) is 0 Å². The number of halogens is 1. The number of aromatic nitrogens is 3. The summed E-state index contributed by atoms with van der Waals surface area (Å²) in [7, 11) is 0. The lowest BCUT2D eigenvalue weighted by Crippen LogP contribution is -2.35. The van der Waals surface area contributed by atoms with E-state index in [1.807, 2.05) is 12.1 Å². The van der Waals surface area contributed by atoms with Gasteiger partial charge in [-0.05, 0) is 41.8 Å². The van der Waals surface area contributed by atoms with E-state index in [0.29, 0.717) is 24.4 Å². The largest absolute Gasteiger partial charge is 0.333 e. The molecule has 0 N–H and O–H groups in total. The third kappa shape index (κ3) is 2.56. The second-order valence-corrected chi connectivity index (χ2v) is 5.68. The predicted octanol–water partition coefficient (Wildman–Crippen LogP) is 2.80. The molecular weight excluding hydrogens is 307 g/mol. The standard InChI is InChI=1S/C18H15FN4O/c19-15-6-4-13(5-7-15)14-8-10-22(11-9-14)18(24)16-2-1-3-17-20-12-21-23(16)17/h1-8,12H,9-11H2. The number of nitrogens with zero attached hydrogens (tertiary/aromatic N) is 4. The zero-order valence-corrected chi connectivity index (χ0v) is 12.9. The molecule has 2 aromatic heterocycles. The fraction of sp³-hybridized carbons (Fsp3) is 0.167. The van der Waals surface area contributed by atoms with Gasteiger partial charge in [-0.2, -0.15) is 5.10 Å². The van der Waals surface area contributed by atoms with Crippen molar-refractivity contribution < 1.29 is 9.18 Å². The van der Waals surface area contributed by atoms with Crippen LogP contribution in [0.5, 0.6) is 0 Å². The van der Waals surface area contributed by atoms with Gasteiger partial charge in [0.15, 0.2) is 5.65 Å². The van der Waals surface area contributed by atoms with Crippen LogP contribution in [0.4, 0.5) is 4.39 Å². The molecule has 0 atom stereocenters. The Balaban J connectivity index is 1.56. The first-order valence-corrected chi connectivity index (χ1v) is 7.75. The Morgan fingerprint density at radius 1 is 1.12 bits per heavy atom. The van der Waals surface area contributed by atoms with Crippen LogP contribution in [0, 0.1) is 5.82 Å². The lowest BCUT2D eigenvalue weighted by Gasteiger charge is -2.26. The Labute approximate surface area is 138 Å². The molecule has 0 saturated carbocycles. The Morgan fingerprint density at radius 3 is 2.71 bits per heavy atom. The Morgan fingerprint density at radius 2 is 1.96 bits per heavy atom. The smallest absolute Gasteiger partial charge is 0.272 e.